The molecule has 1 amide bonds. The first-order chi connectivity index (χ1) is 6.65. The van der Waals surface area contributed by atoms with Crippen LogP contribution in [0, 0.1) is 5.92 Å². The van der Waals surface area contributed by atoms with Gasteiger partial charge in [-0.3, -0.25) is 4.79 Å². The topological polar surface area (TPSA) is 51.2 Å². The first-order valence-corrected chi connectivity index (χ1v) is 4.45. The number of nitrogens with one attached hydrogen (secondary N) is 1. The highest BCUT2D eigenvalue weighted by molar-refractivity contribution is 5.93. The van der Waals surface area contributed by atoms with Crippen molar-refractivity contribution in [1.29, 1.82) is 0 Å². The first kappa shape index (κ1) is 10.5. The SMILES string of the molecule is COc1ncccc1NC(=O)C(C)C. The van der Waals surface area contributed by atoms with Crippen molar-refractivity contribution in [3.63, 3.8) is 0 Å². The van der Waals surface area contributed by atoms with E-state index in [0.29, 0.717) is 11.6 Å². The number of ether oxygens (including phenoxy) is 1. The molecule has 0 spiro atoms. The molecule has 1 N–H and O–H groups in total. The third-order valence-corrected chi connectivity index (χ3v) is 1.75. The fourth-order valence-electron chi connectivity index (χ4n) is 0.926. The molecule has 0 aliphatic heterocycles. The number of methoxy groups -OCH3 is 1. The van der Waals surface area contributed by atoms with Gasteiger partial charge in [0.25, 0.3) is 0 Å². The number of hydrogen-bond acceptors (Lipinski definition) is 3. The van der Waals surface area contributed by atoms with E-state index < -0.39 is 0 Å². The summed E-state index contributed by atoms with van der Waals surface area (Å²) in [5.74, 6) is 0.331. The summed E-state index contributed by atoms with van der Waals surface area (Å²) in [6, 6.07) is 3.50. The first-order valence-electron chi connectivity index (χ1n) is 4.45. The molecule has 0 bridgehead atoms. The van der Waals surface area contributed by atoms with Crippen molar-refractivity contribution in [3.05, 3.63) is 18.3 Å². The summed E-state index contributed by atoms with van der Waals surface area (Å²) in [6.45, 7) is 3.66. The zero-order chi connectivity index (χ0) is 10.6. The van der Waals surface area contributed by atoms with Crippen LogP contribution in [-0.4, -0.2) is 18.0 Å². The third-order valence-electron chi connectivity index (χ3n) is 1.75. The van der Waals surface area contributed by atoms with Crippen molar-refractivity contribution in [2.45, 2.75) is 13.8 Å². The third kappa shape index (κ3) is 2.45. The van der Waals surface area contributed by atoms with Crippen molar-refractivity contribution in [2.24, 2.45) is 5.92 Å². The second kappa shape index (κ2) is 4.60. The fourth-order valence-corrected chi connectivity index (χ4v) is 0.926. The summed E-state index contributed by atoms with van der Waals surface area (Å²) in [7, 11) is 1.52. The van der Waals surface area contributed by atoms with Gasteiger partial charge < -0.3 is 10.1 Å². The lowest BCUT2D eigenvalue weighted by molar-refractivity contribution is -0.118. The van der Waals surface area contributed by atoms with Gasteiger partial charge in [-0.05, 0) is 12.1 Å². The van der Waals surface area contributed by atoms with E-state index >= 15 is 0 Å². The summed E-state index contributed by atoms with van der Waals surface area (Å²) < 4.78 is 5.00. The Balaban J connectivity index is 2.80. The lowest BCUT2D eigenvalue weighted by Crippen LogP contribution is -2.18. The van der Waals surface area contributed by atoms with Crippen LogP contribution in [0.1, 0.15) is 13.8 Å². The molecular formula is C10H14N2O2. The quantitative estimate of drug-likeness (QED) is 0.796. The molecule has 0 saturated carbocycles. The van der Waals surface area contributed by atoms with Gasteiger partial charge in [-0.2, -0.15) is 0 Å². The Hall–Kier alpha value is -1.58. The van der Waals surface area contributed by atoms with Crippen LogP contribution in [0.5, 0.6) is 5.88 Å². The van der Waals surface area contributed by atoms with Crippen molar-refractivity contribution in [2.75, 3.05) is 12.4 Å². The molecular weight excluding hydrogens is 180 g/mol. The Labute approximate surface area is 83.3 Å². The molecule has 14 heavy (non-hydrogen) atoms. The van der Waals surface area contributed by atoms with Crippen LogP contribution in [0.2, 0.25) is 0 Å². The molecule has 0 aromatic carbocycles. The van der Waals surface area contributed by atoms with Crippen molar-refractivity contribution < 1.29 is 9.53 Å². The van der Waals surface area contributed by atoms with Crippen LogP contribution >= 0.6 is 0 Å². The second-order valence-electron chi connectivity index (χ2n) is 3.20. The minimum atomic E-state index is -0.0556. The largest absolute Gasteiger partial charge is 0.480 e. The molecule has 76 valence electrons. The van der Waals surface area contributed by atoms with Gasteiger partial charge in [0.15, 0.2) is 0 Å². The monoisotopic (exact) mass is 194 g/mol. The van der Waals surface area contributed by atoms with Crippen molar-refractivity contribution in [1.82, 2.24) is 4.98 Å². The Bertz CT molecular complexity index is 324. The molecule has 0 aliphatic rings. The van der Waals surface area contributed by atoms with E-state index in [-0.39, 0.29) is 11.8 Å². The number of amides is 1. The molecule has 0 unspecified atom stereocenters. The maximum Gasteiger partial charge on any atom is 0.237 e. The summed E-state index contributed by atoms with van der Waals surface area (Å²) >= 11 is 0. The number of hydrogen-bond donors (Lipinski definition) is 1. The minimum Gasteiger partial charge on any atom is -0.480 e. The van der Waals surface area contributed by atoms with Gasteiger partial charge in [0.1, 0.15) is 5.69 Å². The normalized spacial score (nSPS) is 10.0. The van der Waals surface area contributed by atoms with E-state index in [0.717, 1.165) is 0 Å². The van der Waals surface area contributed by atoms with E-state index in [2.05, 4.69) is 10.3 Å². The Morgan fingerprint density at radius 1 is 1.57 bits per heavy atom. The Kier molecular flexibility index (Phi) is 3.45. The number of anilines is 1. The smallest absolute Gasteiger partial charge is 0.237 e. The van der Waals surface area contributed by atoms with E-state index in [9.17, 15) is 4.79 Å². The number of rotatable bonds is 3. The van der Waals surface area contributed by atoms with E-state index in [4.69, 9.17) is 4.74 Å². The van der Waals surface area contributed by atoms with Crippen LogP contribution in [0.15, 0.2) is 18.3 Å². The van der Waals surface area contributed by atoms with Gasteiger partial charge in [-0.15, -0.1) is 0 Å². The molecule has 0 aliphatic carbocycles. The van der Waals surface area contributed by atoms with Gasteiger partial charge in [-0.1, -0.05) is 13.8 Å². The highest BCUT2D eigenvalue weighted by atomic mass is 16.5. The van der Waals surface area contributed by atoms with Crippen molar-refractivity contribution in [3.8, 4) is 5.88 Å². The van der Waals surface area contributed by atoms with Gasteiger partial charge in [0.2, 0.25) is 11.8 Å². The van der Waals surface area contributed by atoms with E-state index in [1.54, 1.807) is 18.3 Å². The molecule has 1 aromatic heterocycles. The summed E-state index contributed by atoms with van der Waals surface area (Å²) in [6.07, 6.45) is 1.61. The van der Waals surface area contributed by atoms with Gasteiger partial charge in [0.05, 0.1) is 7.11 Å². The lowest BCUT2D eigenvalue weighted by atomic mass is 10.2. The fraction of sp³-hybridized carbons (Fsp3) is 0.400. The zero-order valence-electron chi connectivity index (χ0n) is 8.57. The minimum absolute atomic E-state index is 0.0451. The molecule has 4 nitrogen and oxygen atoms in total. The van der Waals surface area contributed by atoms with Crippen LogP contribution < -0.4 is 10.1 Å². The van der Waals surface area contributed by atoms with Gasteiger partial charge in [-0.25, -0.2) is 4.98 Å². The highest BCUT2D eigenvalue weighted by Gasteiger charge is 2.10. The zero-order valence-corrected chi connectivity index (χ0v) is 8.57. The second-order valence-corrected chi connectivity index (χ2v) is 3.20. The average molecular weight is 194 g/mol. The predicted octanol–water partition coefficient (Wildman–Crippen LogP) is 1.68. The maximum absolute atomic E-state index is 11.4. The molecule has 0 atom stereocenters. The highest BCUT2D eigenvalue weighted by Crippen LogP contribution is 2.20. The standard InChI is InChI=1S/C10H14N2O2/c1-7(2)9(13)12-8-5-4-6-11-10(8)14-3/h4-7H,1-3H3,(H,12,13). The van der Waals surface area contributed by atoms with Crippen LogP contribution in [-0.2, 0) is 4.79 Å². The van der Waals surface area contributed by atoms with Crippen LogP contribution in [0.3, 0.4) is 0 Å². The average Bonchev–Trinajstić information content (AvgIpc) is 2.18. The van der Waals surface area contributed by atoms with Crippen LogP contribution in [0.4, 0.5) is 5.69 Å². The Morgan fingerprint density at radius 3 is 2.86 bits per heavy atom. The summed E-state index contributed by atoms with van der Waals surface area (Å²) in [5.41, 5.74) is 0.605. The van der Waals surface area contributed by atoms with E-state index in [1.165, 1.54) is 7.11 Å². The van der Waals surface area contributed by atoms with Crippen molar-refractivity contribution >= 4 is 11.6 Å². The maximum atomic E-state index is 11.4. The number of carbonyl (C=O) groups excluding carboxylic acids is 1. The molecule has 1 aromatic rings. The summed E-state index contributed by atoms with van der Waals surface area (Å²) in [4.78, 5) is 15.4. The molecule has 1 rings (SSSR count). The molecule has 0 fully saturated rings. The lowest BCUT2D eigenvalue weighted by Gasteiger charge is -2.09. The number of aromatic nitrogens is 1. The molecule has 4 heteroatoms. The Morgan fingerprint density at radius 2 is 2.29 bits per heavy atom. The van der Waals surface area contributed by atoms with Crippen LogP contribution in [0.25, 0.3) is 0 Å². The molecule has 0 saturated heterocycles. The van der Waals surface area contributed by atoms with Gasteiger partial charge >= 0.3 is 0 Å². The predicted molar refractivity (Wildman–Crippen MR) is 54.3 cm³/mol. The summed E-state index contributed by atoms with van der Waals surface area (Å²) in [5, 5.41) is 2.73. The molecule has 0 radical (unpaired) electrons. The van der Waals surface area contributed by atoms with E-state index in [1.807, 2.05) is 13.8 Å². The number of pyridine rings is 1. The van der Waals surface area contributed by atoms with Gasteiger partial charge in [0, 0.05) is 12.1 Å². The number of nitrogens with zero attached hydrogens (tertiary/aromatic N) is 1. The number of carbonyl (C=O) groups is 1. The molecule has 1 heterocycles.